The third kappa shape index (κ3) is 50.9. The number of amides is 1. The summed E-state index contributed by atoms with van der Waals surface area (Å²) in [4.78, 5) is 9.59. The van der Waals surface area contributed by atoms with Crippen molar-refractivity contribution in [1.82, 2.24) is 5.32 Å². The minimum absolute atomic E-state index is 0. The molecule has 1 radical (unpaired) electrons. The Morgan fingerprint density at radius 3 is 1.58 bits per heavy atom. The van der Waals surface area contributed by atoms with Gasteiger partial charge in [0.1, 0.15) is 6.09 Å². The van der Waals surface area contributed by atoms with Gasteiger partial charge in [-0.3, -0.25) is 0 Å². The van der Waals surface area contributed by atoms with Crippen LogP contribution in [0.15, 0.2) is 0 Å². The fraction of sp³-hybridized carbons (Fsp3) is 0.857. The molecule has 0 rings (SSSR count). The monoisotopic (exact) mass is 269 g/mol. The largest absolute Gasteiger partial charge is 0.530 e. The Kier molecular flexibility index (Phi) is 16.4. The van der Waals surface area contributed by atoms with E-state index in [-0.39, 0.29) is 28.4 Å². The summed E-state index contributed by atoms with van der Waals surface area (Å²) < 4.78 is 0. The van der Waals surface area contributed by atoms with E-state index < -0.39 is 6.09 Å². The van der Waals surface area contributed by atoms with Crippen molar-refractivity contribution in [3.05, 3.63) is 0 Å². The van der Waals surface area contributed by atoms with Crippen LogP contribution in [0.3, 0.4) is 0 Å². The molecule has 0 spiro atoms. The first-order chi connectivity index (χ1) is 4.86. The molecule has 0 aliphatic heterocycles. The van der Waals surface area contributed by atoms with Crippen LogP contribution in [0.2, 0.25) is 0 Å². The molecule has 0 aromatic rings. The molecule has 0 saturated carbocycles. The number of hydrogen-bond donors (Lipinski definition) is 2. The van der Waals surface area contributed by atoms with E-state index >= 15 is 0 Å². The van der Waals surface area contributed by atoms with Gasteiger partial charge in [0.2, 0.25) is 0 Å². The summed E-state index contributed by atoms with van der Waals surface area (Å²) in [5, 5.41) is 11.7. The molecule has 0 aliphatic carbocycles. The van der Waals surface area contributed by atoms with E-state index in [0.29, 0.717) is 6.04 Å². The molecule has 0 atom stereocenters. The van der Waals surface area contributed by atoms with E-state index in [1.165, 1.54) is 0 Å². The van der Waals surface area contributed by atoms with Crippen LogP contribution < -0.4 is 16.2 Å². The number of carbonyl (C=O) groups excluding carboxylic acids is 1. The normalized spacial score (nSPS) is 8.25. The van der Waals surface area contributed by atoms with Gasteiger partial charge in [0.05, 0.1) is 6.04 Å². The molecule has 0 bridgehead atoms. The van der Waals surface area contributed by atoms with Crippen LogP contribution in [-0.4, -0.2) is 18.2 Å². The molecule has 0 saturated heterocycles. The van der Waals surface area contributed by atoms with Gasteiger partial charge < -0.3 is 21.0 Å². The number of carbonyl (C=O) groups is 1. The maximum absolute atomic E-state index is 9.59. The molecule has 4 nitrogen and oxygen atoms in total. The van der Waals surface area contributed by atoms with Crippen molar-refractivity contribution in [2.24, 2.45) is 0 Å². The van der Waals surface area contributed by atoms with E-state index in [1.807, 2.05) is 0 Å². The molecule has 1 amide bonds. The Labute approximate surface area is 89.4 Å². The van der Waals surface area contributed by atoms with Crippen molar-refractivity contribution in [3.8, 4) is 0 Å². The van der Waals surface area contributed by atoms with E-state index in [0.717, 1.165) is 0 Å². The standard InChI is InChI=1S/C4H9NO2.C3H9N.Ag/c1-3(2)5-4(6)7;1-3(2)4;/h3,5H,1-2H3,(H,6,7);3H,4H2,1-2H3;. The molecule has 0 aromatic heterocycles. The van der Waals surface area contributed by atoms with Crippen LogP contribution in [0.25, 0.3) is 0 Å². The number of carboxylic acid groups (broad SMARTS) is 1. The quantitative estimate of drug-likeness (QED) is 0.597. The van der Waals surface area contributed by atoms with Crippen molar-refractivity contribution in [1.29, 1.82) is 0 Å². The Morgan fingerprint density at radius 2 is 1.58 bits per heavy atom. The molecule has 0 fully saturated rings. The van der Waals surface area contributed by atoms with Gasteiger partial charge in [-0.05, 0) is 27.7 Å². The number of rotatable bonds is 1. The van der Waals surface area contributed by atoms with Crippen LogP contribution in [0, 0.1) is 0 Å². The summed E-state index contributed by atoms with van der Waals surface area (Å²) in [6, 6.07) is 0.546. The van der Waals surface area contributed by atoms with Gasteiger partial charge in [0.15, 0.2) is 0 Å². The van der Waals surface area contributed by atoms with Crippen molar-refractivity contribution < 1.29 is 38.0 Å². The third-order valence-electron chi connectivity index (χ3n) is 0.407. The minimum Gasteiger partial charge on any atom is -0.530 e. The van der Waals surface area contributed by atoms with E-state index in [2.05, 4.69) is 24.9 Å². The third-order valence-corrected chi connectivity index (χ3v) is 0.407. The van der Waals surface area contributed by atoms with Crippen molar-refractivity contribution in [3.63, 3.8) is 0 Å². The first-order valence-corrected chi connectivity index (χ1v) is 3.66. The molecular formula is C7H18AgN2O2. The van der Waals surface area contributed by atoms with Crippen LogP contribution in [-0.2, 0) is 22.4 Å². The smallest absolute Gasteiger partial charge is 0.134 e. The zero-order valence-electron chi connectivity index (χ0n) is 7.98. The summed E-state index contributed by atoms with van der Waals surface area (Å²) >= 11 is 0. The second-order valence-corrected chi connectivity index (χ2v) is 2.98. The number of hydrogen-bond acceptors (Lipinski definition) is 2. The second kappa shape index (κ2) is 11.0. The summed E-state index contributed by atoms with van der Waals surface area (Å²) in [5.41, 5.74) is 3.64. The molecule has 12 heavy (non-hydrogen) atoms. The van der Waals surface area contributed by atoms with Crippen LogP contribution in [0.5, 0.6) is 0 Å². The van der Waals surface area contributed by atoms with Gasteiger partial charge in [-0.1, -0.05) is 0 Å². The number of quaternary nitrogens is 1. The Balaban J connectivity index is -0.000000142. The molecule has 79 valence electrons. The van der Waals surface area contributed by atoms with E-state index in [1.54, 1.807) is 13.8 Å². The van der Waals surface area contributed by atoms with Gasteiger partial charge in [-0.2, -0.15) is 0 Å². The first kappa shape index (κ1) is 17.9. The van der Waals surface area contributed by atoms with E-state index in [9.17, 15) is 9.90 Å². The fourth-order valence-corrected chi connectivity index (χ4v) is 0.236. The van der Waals surface area contributed by atoms with Crippen LogP contribution >= 0.6 is 0 Å². The average molecular weight is 270 g/mol. The van der Waals surface area contributed by atoms with Gasteiger partial charge in [-0.15, -0.1) is 0 Å². The SMILES string of the molecule is CC(C)NC(=O)[O-].CC(C)[NH3+].[Ag]. The second-order valence-electron chi connectivity index (χ2n) is 2.98. The van der Waals surface area contributed by atoms with Crippen molar-refractivity contribution in [2.45, 2.75) is 39.8 Å². The summed E-state index contributed by atoms with van der Waals surface area (Å²) in [7, 11) is 0. The molecule has 0 aliphatic rings. The molecule has 0 heterocycles. The van der Waals surface area contributed by atoms with Gasteiger partial charge in [0, 0.05) is 28.4 Å². The minimum atomic E-state index is -1.21. The molecule has 5 heteroatoms. The van der Waals surface area contributed by atoms with Crippen LogP contribution in [0.4, 0.5) is 4.79 Å². The van der Waals surface area contributed by atoms with Gasteiger partial charge in [-0.25, -0.2) is 0 Å². The topological polar surface area (TPSA) is 79.8 Å². The number of nitrogens with one attached hydrogen (secondary N) is 1. The zero-order chi connectivity index (χ0) is 9.44. The van der Waals surface area contributed by atoms with Crippen molar-refractivity contribution in [2.75, 3.05) is 0 Å². The molecule has 0 unspecified atom stereocenters. The predicted molar refractivity (Wildman–Crippen MR) is 41.7 cm³/mol. The van der Waals surface area contributed by atoms with E-state index in [4.69, 9.17) is 0 Å². The predicted octanol–water partition coefficient (Wildman–Crippen LogP) is -1.04. The van der Waals surface area contributed by atoms with Crippen molar-refractivity contribution >= 4 is 6.09 Å². The van der Waals surface area contributed by atoms with Gasteiger partial charge in [0.25, 0.3) is 0 Å². The fourth-order valence-electron chi connectivity index (χ4n) is 0.236. The Bertz CT molecular complexity index is 105. The Hall–Kier alpha value is -0.0297. The molecule has 0 aromatic carbocycles. The molecule has 4 N–H and O–H groups in total. The first-order valence-electron chi connectivity index (χ1n) is 3.66. The Morgan fingerprint density at radius 1 is 1.33 bits per heavy atom. The van der Waals surface area contributed by atoms with Crippen LogP contribution in [0.1, 0.15) is 27.7 Å². The summed E-state index contributed by atoms with van der Waals surface area (Å²) in [6.45, 7) is 7.57. The summed E-state index contributed by atoms with van der Waals surface area (Å²) in [5.74, 6) is 0. The van der Waals surface area contributed by atoms with Gasteiger partial charge >= 0.3 is 0 Å². The zero-order valence-corrected chi connectivity index (χ0v) is 9.46. The molecular weight excluding hydrogens is 252 g/mol. The maximum Gasteiger partial charge on any atom is 0.134 e. The summed E-state index contributed by atoms with van der Waals surface area (Å²) in [6.07, 6.45) is -1.21. The average Bonchev–Trinajstić information content (AvgIpc) is 1.56. The maximum atomic E-state index is 9.59.